The van der Waals surface area contributed by atoms with Crippen molar-refractivity contribution >= 4 is 17.5 Å². The number of nitrogens with zero attached hydrogens (tertiary/aromatic N) is 3. The molecule has 2 aromatic rings. The fourth-order valence-corrected chi connectivity index (χ4v) is 2.77. The van der Waals surface area contributed by atoms with Crippen molar-refractivity contribution in [2.45, 2.75) is 13.0 Å². The summed E-state index contributed by atoms with van der Waals surface area (Å²) in [5, 5.41) is 2.89. The molecule has 0 aliphatic carbocycles. The summed E-state index contributed by atoms with van der Waals surface area (Å²) in [4.78, 5) is 30.1. The van der Waals surface area contributed by atoms with Crippen molar-refractivity contribution in [1.29, 1.82) is 0 Å². The minimum absolute atomic E-state index is 0.0325. The molecular formula is C17H20N4O3. The largest absolute Gasteiger partial charge is 0.497 e. The number of amides is 2. The summed E-state index contributed by atoms with van der Waals surface area (Å²) in [7, 11) is 1.60. The third kappa shape index (κ3) is 3.56. The number of imidazole rings is 1. The van der Waals surface area contributed by atoms with E-state index in [1.807, 2.05) is 22.9 Å². The monoisotopic (exact) mass is 328 g/mol. The molecule has 1 saturated heterocycles. The van der Waals surface area contributed by atoms with Gasteiger partial charge in [-0.1, -0.05) is 0 Å². The zero-order valence-corrected chi connectivity index (χ0v) is 13.5. The molecule has 2 heterocycles. The van der Waals surface area contributed by atoms with Gasteiger partial charge in [-0.15, -0.1) is 0 Å². The topological polar surface area (TPSA) is 76.5 Å². The zero-order valence-electron chi connectivity index (χ0n) is 13.5. The van der Waals surface area contributed by atoms with Crippen LogP contribution in [0.3, 0.4) is 0 Å². The molecule has 0 radical (unpaired) electrons. The van der Waals surface area contributed by atoms with E-state index in [-0.39, 0.29) is 24.2 Å². The van der Waals surface area contributed by atoms with Gasteiger partial charge in [0.15, 0.2) is 0 Å². The average Bonchev–Trinajstić information content (AvgIpc) is 3.24. The van der Waals surface area contributed by atoms with Gasteiger partial charge in [0.1, 0.15) is 5.75 Å². The lowest BCUT2D eigenvalue weighted by atomic mass is 10.1. The van der Waals surface area contributed by atoms with Crippen LogP contribution < -0.4 is 15.0 Å². The van der Waals surface area contributed by atoms with Crippen LogP contribution in [-0.2, 0) is 16.1 Å². The van der Waals surface area contributed by atoms with Gasteiger partial charge in [0.2, 0.25) is 11.8 Å². The van der Waals surface area contributed by atoms with Gasteiger partial charge in [-0.3, -0.25) is 9.59 Å². The average molecular weight is 328 g/mol. The van der Waals surface area contributed by atoms with Gasteiger partial charge in [-0.05, 0) is 24.3 Å². The Morgan fingerprint density at radius 3 is 2.83 bits per heavy atom. The number of hydrogen-bond acceptors (Lipinski definition) is 4. The summed E-state index contributed by atoms with van der Waals surface area (Å²) in [6.07, 6.45) is 5.49. The second-order valence-corrected chi connectivity index (χ2v) is 5.69. The highest BCUT2D eigenvalue weighted by Crippen LogP contribution is 2.26. The standard InChI is InChI=1S/C17H20N4O3/c1-24-15-4-2-14(3-5-15)21-11-13(10-16(21)22)17(23)19-7-9-20-8-6-18-12-20/h2-6,8,12-13H,7,9-11H2,1H3,(H,19,23)/t13-/m1/s1. The summed E-state index contributed by atoms with van der Waals surface area (Å²) >= 11 is 0. The lowest BCUT2D eigenvalue weighted by Gasteiger charge is -2.17. The number of nitrogens with one attached hydrogen (secondary N) is 1. The van der Waals surface area contributed by atoms with E-state index >= 15 is 0 Å². The van der Waals surface area contributed by atoms with E-state index in [1.165, 1.54) is 0 Å². The van der Waals surface area contributed by atoms with E-state index in [9.17, 15) is 9.59 Å². The lowest BCUT2D eigenvalue weighted by Crippen LogP contribution is -2.34. The second-order valence-electron chi connectivity index (χ2n) is 5.69. The molecule has 0 bridgehead atoms. The van der Waals surface area contributed by atoms with Crippen molar-refractivity contribution in [3.8, 4) is 5.75 Å². The van der Waals surface area contributed by atoms with Crippen LogP contribution in [0.25, 0.3) is 0 Å². The number of anilines is 1. The van der Waals surface area contributed by atoms with Crippen molar-refractivity contribution in [1.82, 2.24) is 14.9 Å². The van der Waals surface area contributed by atoms with Gasteiger partial charge < -0.3 is 19.5 Å². The highest BCUT2D eigenvalue weighted by atomic mass is 16.5. The van der Waals surface area contributed by atoms with Crippen LogP contribution in [0.1, 0.15) is 6.42 Å². The van der Waals surface area contributed by atoms with Crippen molar-refractivity contribution in [3.63, 3.8) is 0 Å². The molecule has 0 spiro atoms. The molecule has 24 heavy (non-hydrogen) atoms. The van der Waals surface area contributed by atoms with Crippen LogP contribution in [0.15, 0.2) is 43.0 Å². The Hall–Kier alpha value is -2.83. The van der Waals surface area contributed by atoms with E-state index in [2.05, 4.69) is 10.3 Å². The number of carbonyl (C=O) groups is 2. The number of ether oxygens (including phenoxy) is 1. The van der Waals surface area contributed by atoms with Crippen molar-refractivity contribution in [2.24, 2.45) is 5.92 Å². The third-order valence-electron chi connectivity index (χ3n) is 4.11. The molecular weight excluding hydrogens is 308 g/mol. The van der Waals surface area contributed by atoms with Gasteiger partial charge in [0.05, 0.1) is 19.4 Å². The van der Waals surface area contributed by atoms with Crippen molar-refractivity contribution in [3.05, 3.63) is 43.0 Å². The summed E-state index contributed by atoms with van der Waals surface area (Å²) < 4.78 is 7.01. The number of carbonyl (C=O) groups excluding carboxylic acids is 2. The quantitative estimate of drug-likeness (QED) is 0.860. The molecule has 1 fully saturated rings. The van der Waals surface area contributed by atoms with Gasteiger partial charge in [-0.2, -0.15) is 0 Å². The molecule has 3 rings (SSSR count). The predicted molar refractivity (Wildman–Crippen MR) is 88.7 cm³/mol. The first-order chi connectivity index (χ1) is 11.7. The van der Waals surface area contributed by atoms with Gasteiger partial charge >= 0.3 is 0 Å². The smallest absolute Gasteiger partial charge is 0.227 e. The molecule has 1 aromatic carbocycles. The molecule has 2 amide bonds. The van der Waals surface area contributed by atoms with E-state index in [0.717, 1.165) is 11.4 Å². The van der Waals surface area contributed by atoms with Crippen molar-refractivity contribution in [2.75, 3.05) is 25.1 Å². The first-order valence-corrected chi connectivity index (χ1v) is 7.85. The lowest BCUT2D eigenvalue weighted by molar-refractivity contribution is -0.126. The Morgan fingerprint density at radius 2 is 2.17 bits per heavy atom. The minimum Gasteiger partial charge on any atom is -0.497 e. The summed E-state index contributed by atoms with van der Waals surface area (Å²) in [5.41, 5.74) is 0.787. The third-order valence-corrected chi connectivity index (χ3v) is 4.11. The van der Waals surface area contributed by atoms with Gasteiger partial charge in [0, 0.05) is 44.1 Å². The first kappa shape index (κ1) is 16.0. The Kier molecular flexibility index (Phi) is 4.79. The van der Waals surface area contributed by atoms with Crippen LogP contribution >= 0.6 is 0 Å². The van der Waals surface area contributed by atoms with Crippen LogP contribution in [-0.4, -0.2) is 41.6 Å². The highest BCUT2D eigenvalue weighted by Gasteiger charge is 2.34. The number of rotatable bonds is 6. The Labute approximate surface area is 140 Å². The number of benzene rings is 1. The highest BCUT2D eigenvalue weighted by molar-refractivity contribution is 6.00. The van der Waals surface area contributed by atoms with Crippen molar-refractivity contribution < 1.29 is 14.3 Å². The van der Waals surface area contributed by atoms with E-state index in [0.29, 0.717) is 19.6 Å². The molecule has 1 atom stereocenters. The molecule has 1 N–H and O–H groups in total. The predicted octanol–water partition coefficient (Wildman–Crippen LogP) is 1.06. The van der Waals surface area contributed by atoms with Gasteiger partial charge in [-0.25, -0.2) is 4.98 Å². The van der Waals surface area contributed by atoms with Crippen LogP contribution in [0.2, 0.25) is 0 Å². The number of aromatic nitrogens is 2. The maximum absolute atomic E-state index is 12.3. The Balaban J connectivity index is 1.54. The second kappa shape index (κ2) is 7.16. The molecule has 1 aromatic heterocycles. The summed E-state index contributed by atoms with van der Waals surface area (Å²) in [6.45, 7) is 1.58. The summed E-state index contributed by atoms with van der Waals surface area (Å²) in [6, 6.07) is 7.27. The van der Waals surface area contributed by atoms with E-state index in [1.54, 1.807) is 36.7 Å². The normalized spacial score (nSPS) is 17.1. The summed E-state index contributed by atoms with van der Waals surface area (Å²) in [5.74, 6) is 0.302. The molecule has 7 heteroatoms. The maximum atomic E-state index is 12.3. The molecule has 7 nitrogen and oxygen atoms in total. The maximum Gasteiger partial charge on any atom is 0.227 e. The first-order valence-electron chi connectivity index (χ1n) is 7.85. The zero-order chi connectivity index (χ0) is 16.9. The van der Waals surface area contributed by atoms with E-state index < -0.39 is 0 Å². The Morgan fingerprint density at radius 1 is 1.38 bits per heavy atom. The van der Waals surface area contributed by atoms with Crippen LogP contribution in [0.5, 0.6) is 5.75 Å². The van der Waals surface area contributed by atoms with Crippen LogP contribution in [0.4, 0.5) is 5.69 Å². The molecule has 0 unspecified atom stereocenters. The fraction of sp³-hybridized carbons (Fsp3) is 0.353. The fourth-order valence-electron chi connectivity index (χ4n) is 2.77. The minimum atomic E-state index is -0.317. The van der Waals surface area contributed by atoms with Gasteiger partial charge in [0.25, 0.3) is 0 Å². The molecule has 126 valence electrons. The molecule has 1 aliphatic rings. The molecule has 1 aliphatic heterocycles. The number of methoxy groups -OCH3 is 1. The van der Waals surface area contributed by atoms with E-state index in [4.69, 9.17) is 4.74 Å². The number of hydrogen-bond donors (Lipinski definition) is 1. The molecule has 0 saturated carbocycles. The Bertz CT molecular complexity index is 697. The van der Waals surface area contributed by atoms with Crippen LogP contribution in [0, 0.1) is 5.92 Å². The SMILES string of the molecule is COc1ccc(N2C[C@H](C(=O)NCCn3ccnc3)CC2=O)cc1.